The molecule has 1 aliphatic heterocycles. The summed E-state index contributed by atoms with van der Waals surface area (Å²) in [6.45, 7) is 7.74. The number of benzene rings is 2. The van der Waals surface area contributed by atoms with Gasteiger partial charge in [0.05, 0.1) is 32.0 Å². The van der Waals surface area contributed by atoms with E-state index in [1.54, 1.807) is 12.0 Å². The zero-order valence-electron chi connectivity index (χ0n) is 17.7. The molecule has 1 atom stereocenters. The third kappa shape index (κ3) is 4.27. The number of rotatable bonds is 8. The molecule has 1 aliphatic rings. The highest BCUT2D eigenvalue weighted by atomic mass is 16.5. The first-order chi connectivity index (χ1) is 13.8. The van der Waals surface area contributed by atoms with Gasteiger partial charge in [-0.3, -0.25) is 14.5 Å². The van der Waals surface area contributed by atoms with Gasteiger partial charge in [0.1, 0.15) is 6.54 Å². The molecule has 0 radical (unpaired) electrons. The molecule has 1 N–H and O–H groups in total. The topological polar surface area (TPSA) is 60.3 Å². The number of fused-ring (bicyclic) bond motifs is 1. The Bertz CT molecular complexity index is 923. The molecule has 0 bridgehead atoms. The van der Waals surface area contributed by atoms with Crippen molar-refractivity contribution in [3.8, 4) is 11.5 Å². The van der Waals surface area contributed by atoms with Crippen LogP contribution in [0.4, 0.5) is 5.69 Å². The van der Waals surface area contributed by atoms with Crippen molar-refractivity contribution >= 4 is 17.4 Å². The van der Waals surface area contributed by atoms with Gasteiger partial charge in [0.2, 0.25) is 0 Å². The van der Waals surface area contributed by atoms with Gasteiger partial charge in [-0.25, -0.2) is 0 Å². The lowest BCUT2D eigenvalue weighted by molar-refractivity contribution is -0.892. The highest BCUT2D eigenvalue weighted by Crippen LogP contribution is 2.31. The van der Waals surface area contributed by atoms with Crippen LogP contribution in [-0.2, 0) is 11.3 Å². The minimum atomic E-state index is -0.454. The Kier molecular flexibility index (Phi) is 6.23. The predicted octanol–water partition coefficient (Wildman–Crippen LogP) is 2.42. The minimum Gasteiger partial charge on any atom is -0.493 e. The van der Waals surface area contributed by atoms with E-state index in [2.05, 4.69) is 13.8 Å². The molecule has 6 heteroatoms. The van der Waals surface area contributed by atoms with E-state index in [1.807, 2.05) is 50.4 Å². The number of Topliss-reactive ketones (excluding diaryl/α,β-unsaturated/α-hetero) is 1. The van der Waals surface area contributed by atoms with Gasteiger partial charge in [-0.1, -0.05) is 19.9 Å². The first kappa shape index (κ1) is 20.9. The Balaban J connectivity index is 1.75. The van der Waals surface area contributed by atoms with Gasteiger partial charge in [-0.15, -0.1) is 0 Å². The number of carbonyl (C=O) groups is 2. The van der Waals surface area contributed by atoms with Crippen molar-refractivity contribution in [3.63, 3.8) is 0 Å². The molecule has 2 aromatic rings. The van der Waals surface area contributed by atoms with Crippen molar-refractivity contribution in [1.29, 1.82) is 0 Å². The largest absolute Gasteiger partial charge is 0.493 e. The van der Waals surface area contributed by atoms with Crippen molar-refractivity contribution in [2.45, 2.75) is 33.2 Å². The maximum absolute atomic E-state index is 12.6. The van der Waals surface area contributed by atoms with E-state index in [-0.39, 0.29) is 0 Å². The van der Waals surface area contributed by atoms with Crippen LogP contribution in [0.15, 0.2) is 36.4 Å². The van der Waals surface area contributed by atoms with E-state index < -0.39 is 11.7 Å². The quantitative estimate of drug-likeness (QED) is 0.695. The zero-order valence-corrected chi connectivity index (χ0v) is 17.7. The third-order valence-corrected chi connectivity index (χ3v) is 5.12. The summed E-state index contributed by atoms with van der Waals surface area (Å²) in [6, 6.07) is 11.6. The van der Waals surface area contributed by atoms with Gasteiger partial charge in [-0.05, 0) is 48.7 Å². The maximum atomic E-state index is 12.6. The molecular formula is C23H29N2O4+. The molecule has 0 saturated carbocycles. The van der Waals surface area contributed by atoms with Gasteiger partial charge in [0, 0.05) is 5.56 Å². The molecule has 0 aliphatic carbocycles. The Morgan fingerprint density at radius 3 is 2.48 bits per heavy atom. The van der Waals surface area contributed by atoms with Gasteiger partial charge in [-0.2, -0.15) is 0 Å². The van der Waals surface area contributed by atoms with Gasteiger partial charge in [0.15, 0.2) is 18.2 Å². The number of carbonyl (C=O) groups excluding carboxylic acids is 2. The summed E-state index contributed by atoms with van der Waals surface area (Å²) in [5, 5.41) is 0. The standard InChI is InChI=1S/C23H28N2O4/c1-6-29-20-10-7-16(11-21(20)28-5)13-24(4)14-25-19-9-8-17(15(2)3)12-18(19)22(26)23(25)27/h7-12,15H,6,13-14H2,1-5H3/p+1. The molecule has 154 valence electrons. The molecule has 6 nitrogen and oxygen atoms in total. The van der Waals surface area contributed by atoms with Crippen LogP contribution in [0.3, 0.4) is 0 Å². The number of ether oxygens (including phenoxy) is 2. The van der Waals surface area contributed by atoms with Crippen LogP contribution in [0.1, 0.15) is 48.2 Å². The van der Waals surface area contributed by atoms with E-state index in [0.717, 1.165) is 16.0 Å². The number of anilines is 1. The Morgan fingerprint density at radius 1 is 1.07 bits per heavy atom. The maximum Gasteiger partial charge on any atom is 0.303 e. The number of hydrogen-bond donors (Lipinski definition) is 1. The number of nitrogens with one attached hydrogen (secondary N) is 1. The summed E-state index contributed by atoms with van der Waals surface area (Å²) in [7, 11) is 3.62. The van der Waals surface area contributed by atoms with Gasteiger partial charge in [0.25, 0.3) is 5.78 Å². The summed E-state index contributed by atoms with van der Waals surface area (Å²) >= 11 is 0. The monoisotopic (exact) mass is 397 g/mol. The average molecular weight is 397 g/mol. The van der Waals surface area contributed by atoms with E-state index in [0.29, 0.717) is 48.5 Å². The van der Waals surface area contributed by atoms with Crippen LogP contribution in [-0.4, -0.2) is 39.1 Å². The van der Waals surface area contributed by atoms with Crippen LogP contribution in [0.2, 0.25) is 0 Å². The average Bonchev–Trinajstić information content (AvgIpc) is 2.93. The summed E-state index contributed by atoms with van der Waals surface area (Å²) in [5.74, 6) is 0.838. The molecular weight excluding hydrogens is 368 g/mol. The highest BCUT2D eigenvalue weighted by Gasteiger charge is 2.37. The third-order valence-electron chi connectivity index (χ3n) is 5.12. The first-order valence-electron chi connectivity index (χ1n) is 9.96. The van der Waals surface area contributed by atoms with E-state index in [9.17, 15) is 9.59 Å². The van der Waals surface area contributed by atoms with Crippen molar-refractivity contribution in [2.75, 3.05) is 32.3 Å². The summed E-state index contributed by atoms with van der Waals surface area (Å²) < 4.78 is 11.0. The Morgan fingerprint density at radius 2 is 1.83 bits per heavy atom. The zero-order chi connectivity index (χ0) is 21.1. The lowest BCUT2D eigenvalue weighted by atomic mass is 9.99. The second-order valence-electron chi connectivity index (χ2n) is 7.70. The van der Waals surface area contributed by atoms with Crippen molar-refractivity contribution < 1.29 is 24.0 Å². The minimum absolute atomic E-state index is 0.306. The smallest absolute Gasteiger partial charge is 0.303 e. The molecule has 3 rings (SSSR count). The molecule has 0 fully saturated rings. The summed E-state index contributed by atoms with van der Waals surface area (Å²) in [4.78, 5) is 27.7. The van der Waals surface area contributed by atoms with E-state index >= 15 is 0 Å². The fraction of sp³-hybridized carbons (Fsp3) is 0.391. The number of nitrogens with zero attached hydrogens (tertiary/aromatic N) is 1. The summed E-state index contributed by atoms with van der Waals surface area (Å²) in [6.07, 6.45) is 0. The lowest BCUT2D eigenvalue weighted by Crippen LogP contribution is -3.09. The van der Waals surface area contributed by atoms with Gasteiger partial charge < -0.3 is 14.4 Å². The summed E-state index contributed by atoms with van der Waals surface area (Å²) in [5.41, 5.74) is 3.34. The van der Waals surface area contributed by atoms with Crippen LogP contribution >= 0.6 is 0 Å². The molecule has 1 heterocycles. The first-order valence-corrected chi connectivity index (χ1v) is 9.96. The Labute approximate surface area is 172 Å². The SMILES string of the molecule is CCOc1ccc(C[NH+](C)CN2C(=O)C(=O)c3cc(C(C)C)ccc32)cc1OC. The van der Waals surface area contributed by atoms with Crippen LogP contribution in [0.25, 0.3) is 0 Å². The van der Waals surface area contributed by atoms with Crippen molar-refractivity contribution in [2.24, 2.45) is 0 Å². The van der Waals surface area contributed by atoms with E-state index in [1.165, 1.54) is 0 Å². The fourth-order valence-corrected chi connectivity index (χ4v) is 3.61. The van der Waals surface area contributed by atoms with Crippen LogP contribution in [0.5, 0.6) is 11.5 Å². The fourth-order valence-electron chi connectivity index (χ4n) is 3.61. The second kappa shape index (κ2) is 8.66. The molecule has 0 spiro atoms. The second-order valence-corrected chi connectivity index (χ2v) is 7.70. The molecule has 29 heavy (non-hydrogen) atoms. The molecule has 1 amide bonds. The number of hydrogen-bond acceptors (Lipinski definition) is 4. The molecule has 0 aromatic heterocycles. The van der Waals surface area contributed by atoms with E-state index in [4.69, 9.17) is 9.47 Å². The highest BCUT2D eigenvalue weighted by molar-refractivity contribution is 6.52. The number of amides is 1. The number of methoxy groups -OCH3 is 1. The Hall–Kier alpha value is -2.86. The normalized spacial score (nSPS) is 14.3. The number of quaternary nitrogens is 1. The molecule has 1 unspecified atom stereocenters. The van der Waals surface area contributed by atoms with Crippen LogP contribution < -0.4 is 19.3 Å². The van der Waals surface area contributed by atoms with Crippen molar-refractivity contribution in [3.05, 3.63) is 53.1 Å². The molecule has 0 saturated heterocycles. The molecule has 2 aromatic carbocycles. The van der Waals surface area contributed by atoms with Crippen LogP contribution in [0, 0.1) is 0 Å². The van der Waals surface area contributed by atoms with Gasteiger partial charge >= 0.3 is 5.91 Å². The number of ketones is 1. The lowest BCUT2D eigenvalue weighted by Gasteiger charge is -2.22. The van der Waals surface area contributed by atoms with Crippen molar-refractivity contribution in [1.82, 2.24) is 0 Å². The predicted molar refractivity (Wildman–Crippen MR) is 112 cm³/mol.